The third-order valence-electron chi connectivity index (χ3n) is 3.23. The molecule has 2 aromatic heterocycles. The number of fused-ring (bicyclic) bond motifs is 1. The first-order valence-corrected chi connectivity index (χ1v) is 8.25. The number of hydrogen-bond donors (Lipinski definition) is 1. The number of aryl methyl sites for hydroxylation is 1. The van der Waals surface area contributed by atoms with E-state index in [1.165, 1.54) is 11.8 Å². The average molecular weight is 319 g/mol. The van der Waals surface area contributed by atoms with E-state index in [-0.39, 0.29) is 0 Å². The monoisotopic (exact) mass is 318 g/mol. The number of thioether (sulfide) groups is 1. The molecule has 0 spiro atoms. The van der Waals surface area contributed by atoms with Crippen LogP contribution in [-0.4, -0.2) is 20.8 Å². The van der Waals surface area contributed by atoms with Crippen molar-refractivity contribution in [2.45, 2.75) is 18.6 Å². The molecule has 0 aliphatic carbocycles. The Morgan fingerprint density at radius 2 is 1.95 bits per heavy atom. The number of anilines is 2. The van der Waals surface area contributed by atoms with Gasteiger partial charge in [0, 0.05) is 23.5 Å². The van der Waals surface area contributed by atoms with Crippen LogP contribution in [0, 0.1) is 0 Å². The van der Waals surface area contributed by atoms with Crippen LogP contribution in [0.15, 0.2) is 41.7 Å². The standard InChI is InChI=1S/C15H15ClN4S/c1-3-20-9-8-12-13(18-15(21-2)19-14(12)20)17-11-6-4-10(16)5-7-11/h4-9H,3H2,1-2H3,(H,17,18,19). The summed E-state index contributed by atoms with van der Waals surface area (Å²) in [4.78, 5) is 9.17. The van der Waals surface area contributed by atoms with Gasteiger partial charge in [-0.15, -0.1) is 0 Å². The lowest BCUT2D eigenvalue weighted by Gasteiger charge is -2.09. The highest BCUT2D eigenvalue weighted by atomic mass is 35.5. The number of aromatic nitrogens is 3. The number of hydrogen-bond acceptors (Lipinski definition) is 4. The van der Waals surface area contributed by atoms with Crippen molar-refractivity contribution in [1.82, 2.24) is 14.5 Å². The van der Waals surface area contributed by atoms with E-state index in [9.17, 15) is 0 Å². The van der Waals surface area contributed by atoms with Crippen molar-refractivity contribution < 1.29 is 0 Å². The lowest BCUT2D eigenvalue weighted by atomic mass is 10.3. The number of rotatable bonds is 4. The highest BCUT2D eigenvalue weighted by molar-refractivity contribution is 7.98. The minimum atomic E-state index is 0.718. The van der Waals surface area contributed by atoms with E-state index < -0.39 is 0 Å². The zero-order valence-corrected chi connectivity index (χ0v) is 13.4. The van der Waals surface area contributed by atoms with Crippen molar-refractivity contribution in [2.75, 3.05) is 11.6 Å². The Balaban J connectivity index is 2.08. The summed E-state index contributed by atoms with van der Waals surface area (Å²) in [5.41, 5.74) is 1.91. The molecule has 0 fully saturated rings. The van der Waals surface area contributed by atoms with E-state index in [0.29, 0.717) is 0 Å². The van der Waals surface area contributed by atoms with Gasteiger partial charge >= 0.3 is 0 Å². The summed E-state index contributed by atoms with van der Waals surface area (Å²) in [6.07, 6.45) is 4.02. The summed E-state index contributed by atoms with van der Waals surface area (Å²) in [7, 11) is 0. The predicted molar refractivity (Wildman–Crippen MR) is 89.7 cm³/mol. The summed E-state index contributed by atoms with van der Waals surface area (Å²) >= 11 is 7.46. The Labute approximate surface area is 132 Å². The van der Waals surface area contributed by atoms with Gasteiger partial charge in [-0.2, -0.15) is 0 Å². The Hall–Kier alpha value is -1.72. The lowest BCUT2D eigenvalue weighted by molar-refractivity contribution is 0.779. The molecule has 0 radical (unpaired) electrons. The molecule has 6 heteroatoms. The second-order valence-corrected chi connectivity index (χ2v) is 5.74. The average Bonchev–Trinajstić information content (AvgIpc) is 2.92. The minimum Gasteiger partial charge on any atom is -0.340 e. The zero-order chi connectivity index (χ0) is 14.8. The molecule has 0 saturated heterocycles. The maximum Gasteiger partial charge on any atom is 0.191 e. The molecule has 1 aromatic carbocycles. The van der Waals surface area contributed by atoms with Crippen LogP contribution in [0.3, 0.4) is 0 Å². The summed E-state index contributed by atoms with van der Waals surface area (Å²) in [6.45, 7) is 2.99. The number of benzene rings is 1. The van der Waals surface area contributed by atoms with Crippen molar-refractivity contribution in [1.29, 1.82) is 0 Å². The van der Waals surface area contributed by atoms with Crippen LogP contribution in [-0.2, 0) is 6.54 Å². The SMILES string of the molecule is CCn1ccc2c(Nc3ccc(Cl)cc3)nc(SC)nc21. The summed E-state index contributed by atoms with van der Waals surface area (Å²) in [5, 5.41) is 5.84. The van der Waals surface area contributed by atoms with E-state index in [1.54, 1.807) is 0 Å². The normalized spacial score (nSPS) is 11.0. The first-order valence-electron chi connectivity index (χ1n) is 6.64. The quantitative estimate of drug-likeness (QED) is 0.565. The molecule has 2 heterocycles. The Morgan fingerprint density at radius 3 is 2.62 bits per heavy atom. The first-order chi connectivity index (χ1) is 10.2. The molecule has 4 nitrogen and oxygen atoms in total. The van der Waals surface area contributed by atoms with E-state index in [2.05, 4.69) is 26.8 Å². The van der Waals surface area contributed by atoms with E-state index in [0.717, 1.165) is 39.3 Å². The third kappa shape index (κ3) is 2.84. The van der Waals surface area contributed by atoms with Gasteiger partial charge in [0.05, 0.1) is 5.39 Å². The van der Waals surface area contributed by atoms with Crippen molar-refractivity contribution in [3.8, 4) is 0 Å². The largest absolute Gasteiger partial charge is 0.340 e. The number of nitrogens with one attached hydrogen (secondary N) is 1. The first kappa shape index (κ1) is 14.2. The molecule has 108 valence electrons. The van der Waals surface area contributed by atoms with Crippen molar-refractivity contribution in [2.24, 2.45) is 0 Å². The molecule has 0 atom stereocenters. The van der Waals surface area contributed by atoms with Gasteiger partial charge in [0.2, 0.25) is 0 Å². The van der Waals surface area contributed by atoms with Crippen LogP contribution in [0.5, 0.6) is 0 Å². The fraction of sp³-hybridized carbons (Fsp3) is 0.200. The molecule has 1 N–H and O–H groups in total. The Kier molecular flexibility index (Phi) is 4.03. The maximum absolute atomic E-state index is 5.92. The van der Waals surface area contributed by atoms with Crippen LogP contribution in [0.1, 0.15) is 6.92 Å². The van der Waals surface area contributed by atoms with E-state index >= 15 is 0 Å². The molecule has 0 bridgehead atoms. The van der Waals surface area contributed by atoms with Crippen LogP contribution < -0.4 is 5.32 Å². The fourth-order valence-electron chi connectivity index (χ4n) is 2.16. The van der Waals surface area contributed by atoms with Crippen LogP contribution >= 0.6 is 23.4 Å². The molecule has 0 amide bonds. The third-order valence-corrected chi connectivity index (χ3v) is 4.03. The predicted octanol–water partition coefficient (Wildman–Crippen LogP) is 4.57. The second kappa shape index (κ2) is 5.95. The highest BCUT2D eigenvalue weighted by Gasteiger charge is 2.11. The molecular formula is C15H15ClN4S. The maximum atomic E-state index is 5.92. The molecule has 21 heavy (non-hydrogen) atoms. The van der Waals surface area contributed by atoms with Crippen LogP contribution in [0.25, 0.3) is 11.0 Å². The van der Waals surface area contributed by atoms with Crippen molar-refractivity contribution in [3.05, 3.63) is 41.6 Å². The van der Waals surface area contributed by atoms with Gasteiger partial charge in [-0.1, -0.05) is 23.4 Å². The van der Waals surface area contributed by atoms with Gasteiger partial charge in [-0.3, -0.25) is 0 Å². The lowest BCUT2D eigenvalue weighted by Crippen LogP contribution is -2.00. The van der Waals surface area contributed by atoms with Gasteiger partial charge < -0.3 is 9.88 Å². The van der Waals surface area contributed by atoms with Crippen molar-refractivity contribution >= 4 is 45.9 Å². The number of halogens is 1. The van der Waals surface area contributed by atoms with Crippen molar-refractivity contribution in [3.63, 3.8) is 0 Å². The molecule has 0 aliphatic heterocycles. The van der Waals surface area contributed by atoms with Gasteiger partial charge in [-0.25, -0.2) is 9.97 Å². The summed E-state index contributed by atoms with van der Waals surface area (Å²) in [5.74, 6) is 0.818. The Morgan fingerprint density at radius 1 is 1.19 bits per heavy atom. The van der Waals surface area contributed by atoms with E-state index in [1.807, 2.05) is 42.8 Å². The van der Waals surface area contributed by atoms with Gasteiger partial charge in [0.15, 0.2) is 5.16 Å². The second-order valence-electron chi connectivity index (χ2n) is 4.53. The van der Waals surface area contributed by atoms with Gasteiger partial charge in [0.1, 0.15) is 11.5 Å². The van der Waals surface area contributed by atoms with E-state index in [4.69, 9.17) is 11.6 Å². The summed E-state index contributed by atoms with van der Waals surface area (Å²) in [6, 6.07) is 9.63. The Bertz CT molecular complexity index is 767. The molecular weight excluding hydrogens is 304 g/mol. The summed E-state index contributed by atoms with van der Waals surface area (Å²) < 4.78 is 2.11. The molecule has 0 saturated carbocycles. The van der Waals surface area contributed by atoms with Gasteiger partial charge in [-0.05, 0) is 43.5 Å². The minimum absolute atomic E-state index is 0.718. The topological polar surface area (TPSA) is 42.7 Å². The van der Waals surface area contributed by atoms with Crippen LogP contribution in [0.2, 0.25) is 5.02 Å². The molecule has 3 aromatic rings. The molecule has 3 rings (SSSR count). The van der Waals surface area contributed by atoms with Gasteiger partial charge in [0.25, 0.3) is 0 Å². The van der Waals surface area contributed by atoms with Crippen LogP contribution in [0.4, 0.5) is 11.5 Å². The fourth-order valence-corrected chi connectivity index (χ4v) is 2.64. The zero-order valence-electron chi connectivity index (χ0n) is 11.8. The number of nitrogens with zero attached hydrogens (tertiary/aromatic N) is 3. The molecule has 0 unspecified atom stereocenters. The highest BCUT2D eigenvalue weighted by Crippen LogP contribution is 2.27. The molecule has 0 aliphatic rings. The smallest absolute Gasteiger partial charge is 0.191 e.